The zero-order valence-electron chi connectivity index (χ0n) is 12.3. The molecule has 1 fully saturated rings. The minimum absolute atomic E-state index is 0.318. The molecule has 4 heteroatoms. The van der Waals surface area contributed by atoms with Gasteiger partial charge in [0.2, 0.25) is 0 Å². The van der Waals surface area contributed by atoms with Gasteiger partial charge in [-0.25, -0.2) is 0 Å². The summed E-state index contributed by atoms with van der Waals surface area (Å²) in [6.07, 6.45) is 1.75. The lowest BCUT2D eigenvalue weighted by molar-refractivity contribution is -0.0118. The highest BCUT2D eigenvalue weighted by molar-refractivity contribution is 6.62. The Morgan fingerprint density at radius 1 is 1.26 bits per heavy atom. The molecule has 1 unspecified atom stereocenters. The fraction of sp³-hybridized carbons (Fsp3) is 0.533. The first-order chi connectivity index (χ1) is 8.84. The smallest absolute Gasteiger partial charge is 0.399 e. The van der Waals surface area contributed by atoms with Crippen LogP contribution in [0, 0.1) is 6.92 Å². The van der Waals surface area contributed by atoms with Crippen molar-refractivity contribution < 1.29 is 14.1 Å². The van der Waals surface area contributed by atoms with Crippen molar-refractivity contribution in [3.8, 4) is 0 Å². The van der Waals surface area contributed by atoms with Gasteiger partial charge in [0.25, 0.3) is 0 Å². The van der Waals surface area contributed by atoms with Crippen LogP contribution in [-0.4, -0.2) is 24.6 Å². The van der Waals surface area contributed by atoms with Crippen molar-refractivity contribution in [3.05, 3.63) is 29.3 Å². The van der Waals surface area contributed by atoms with Gasteiger partial charge in [0.1, 0.15) is 6.29 Å². The van der Waals surface area contributed by atoms with Gasteiger partial charge in [0.15, 0.2) is 0 Å². The number of hydrogen-bond donors (Lipinski definition) is 0. The predicted molar refractivity (Wildman–Crippen MR) is 76.9 cm³/mol. The van der Waals surface area contributed by atoms with Crippen LogP contribution in [0.1, 0.15) is 50.0 Å². The first-order valence-corrected chi connectivity index (χ1v) is 6.75. The zero-order chi connectivity index (χ0) is 14.3. The molecule has 2 rings (SSSR count). The van der Waals surface area contributed by atoms with Crippen LogP contribution in [-0.2, 0) is 9.31 Å². The van der Waals surface area contributed by atoms with Gasteiger partial charge in [-0.05, 0) is 45.1 Å². The molecule has 102 valence electrons. The molecule has 1 aromatic carbocycles. The Hall–Kier alpha value is -1.13. The largest absolute Gasteiger partial charge is 0.495 e. The molecular formula is C15H21BO3. The minimum atomic E-state index is -0.403. The Labute approximate surface area is 115 Å². The van der Waals surface area contributed by atoms with Crippen LogP contribution in [0.2, 0.25) is 0 Å². The summed E-state index contributed by atoms with van der Waals surface area (Å²) in [6.45, 7) is 10.2. The van der Waals surface area contributed by atoms with Crippen LogP contribution in [0.25, 0.3) is 0 Å². The van der Waals surface area contributed by atoms with Gasteiger partial charge in [0.05, 0.1) is 11.2 Å². The molecule has 0 saturated carbocycles. The molecule has 0 amide bonds. The van der Waals surface area contributed by atoms with Crippen LogP contribution in [0.4, 0.5) is 0 Å². The van der Waals surface area contributed by atoms with E-state index in [1.54, 1.807) is 0 Å². The van der Waals surface area contributed by atoms with Crippen LogP contribution in [0.5, 0.6) is 0 Å². The van der Waals surface area contributed by atoms with Crippen molar-refractivity contribution in [3.63, 3.8) is 0 Å². The molecular weight excluding hydrogens is 239 g/mol. The van der Waals surface area contributed by atoms with E-state index >= 15 is 0 Å². The zero-order valence-corrected chi connectivity index (χ0v) is 12.3. The number of carbonyl (C=O) groups excluding carboxylic acids is 1. The standard InChI is InChI=1S/C15H21BO3/c1-6-15(5)14(3,4)18-16(19-15)13-9-7-8-12(10-17)11(13)2/h7-10H,6H2,1-5H3. The van der Waals surface area contributed by atoms with E-state index in [2.05, 4.69) is 27.7 Å². The Morgan fingerprint density at radius 3 is 2.47 bits per heavy atom. The Kier molecular flexibility index (Phi) is 3.58. The first kappa shape index (κ1) is 14.3. The SMILES string of the molecule is CCC1(C)OB(c2cccc(C=O)c2C)OC1(C)C. The summed E-state index contributed by atoms with van der Waals surface area (Å²) in [5.74, 6) is 0. The molecule has 0 bridgehead atoms. The molecule has 1 atom stereocenters. The van der Waals surface area contributed by atoms with E-state index in [4.69, 9.17) is 9.31 Å². The maximum atomic E-state index is 11.0. The van der Waals surface area contributed by atoms with Crippen molar-refractivity contribution in [2.24, 2.45) is 0 Å². The van der Waals surface area contributed by atoms with Gasteiger partial charge in [-0.2, -0.15) is 0 Å². The molecule has 1 aromatic rings. The average molecular weight is 260 g/mol. The molecule has 19 heavy (non-hydrogen) atoms. The minimum Gasteiger partial charge on any atom is -0.399 e. The van der Waals surface area contributed by atoms with Crippen LogP contribution in [0.15, 0.2) is 18.2 Å². The summed E-state index contributed by atoms with van der Waals surface area (Å²) in [5, 5.41) is 0. The molecule has 0 aliphatic carbocycles. The Bertz CT molecular complexity index is 498. The van der Waals surface area contributed by atoms with Crippen molar-refractivity contribution in [2.75, 3.05) is 0 Å². The van der Waals surface area contributed by atoms with Crippen LogP contribution in [0.3, 0.4) is 0 Å². The molecule has 0 aromatic heterocycles. The summed E-state index contributed by atoms with van der Waals surface area (Å²) < 4.78 is 12.2. The molecule has 1 saturated heterocycles. The topological polar surface area (TPSA) is 35.5 Å². The molecule has 0 N–H and O–H groups in total. The second-order valence-corrected chi connectivity index (χ2v) is 5.84. The quantitative estimate of drug-likeness (QED) is 0.618. The molecule has 1 aliphatic rings. The number of hydrogen-bond acceptors (Lipinski definition) is 3. The van der Waals surface area contributed by atoms with Gasteiger partial charge in [-0.15, -0.1) is 0 Å². The summed E-state index contributed by atoms with van der Waals surface area (Å²) in [5.41, 5.74) is 1.89. The van der Waals surface area contributed by atoms with Crippen molar-refractivity contribution in [1.29, 1.82) is 0 Å². The summed E-state index contributed by atoms with van der Waals surface area (Å²) in [6, 6.07) is 5.64. The highest BCUT2D eigenvalue weighted by Gasteiger charge is 2.53. The Balaban J connectivity index is 2.38. The number of benzene rings is 1. The third kappa shape index (κ3) is 2.23. The highest BCUT2D eigenvalue weighted by atomic mass is 16.7. The molecule has 3 nitrogen and oxygen atoms in total. The monoisotopic (exact) mass is 260 g/mol. The third-order valence-electron chi connectivity index (χ3n) is 4.52. The van der Waals surface area contributed by atoms with Gasteiger partial charge < -0.3 is 9.31 Å². The summed E-state index contributed by atoms with van der Waals surface area (Å²) in [4.78, 5) is 11.0. The van der Waals surface area contributed by atoms with E-state index in [1.807, 2.05) is 25.1 Å². The van der Waals surface area contributed by atoms with Gasteiger partial charge >= 0.3 is 7.12 Å². The van der Waals surface area contributed by atoms with E-state index in [1.165, 1.54) is 0 Å². The molecule has 1 heterocycles. The van der Waals surface area contributed by atoms with Gasteiger partial charge in [0, 0.05) is 5.56 Å². The van der Waals surface area contributed by atoms with E-state index in [0.717, 1.165) is 23.7 Å². The van der Waals surface area contributed by atoms with Crippen LogP contribution >= 0.6 is 0 Å². The Morgan fingerprint density at radius 2 is 1.95 bits per heavy atom. The van der Waals surface area contributed by atoms with Gasteiger partial charge in [-0.3, -0.25) is 4.79 Å². The maximum absolute atomic E-state index is 11.0. The highest BCUT2D eigenvalue weighted by Crippen LogP contribution is 2.39. The normalized spacial score (nSPS) is 25.6. The second-order valence-electron chi connectivity index (χ2n) is 5.84. The van der Waals surface area contributed by atoms with E-state index in [-0.39, 0.29) is 11.2 Å². The molecule has 0 radical (unpaired) electrons. The first-order valence-electron chi connectivity index (χ1n) is 6.75. The lowest BCUT2D eigenvalue weighted by Crippen LogP contribution is -2.44. The van der Waals surface area contributed by atoms with Crippen molar-refractivity contribution in [2.45, 2.75) is 52.2 Å². The van der Waals surface area contributed by atoms with Crippen LogP contribution < -0.4 is 5.46 Å². The predicted octanol–water partition coefficient (Wildman–Crippen LogP) is 2.50. The average Bonchev–Trinajstić information content (AvgIpc) is 2.61. The fourth-order valence-electron chi connectivity index (χ4n) is 2.49. The summed E-state index contributed by atoms with van der Waals surface area (Å²) in [7, 11) is -0.403. The van der Waals surface area contributed by atoms with Crippen molar-refractivity contribution >= 4 is 18.9 Å². The number of rotatable bonds is 3. The van der Waals surface area contributed by atoms with E-state index in [0.29, 0.717) is 5.56 Å². The third-order valence-corrected chi connectivity index (χ3v) is 4.52. The van der Waals surface area contributed by atoms with E-state index in [9.17, 15) is 4.79 Å². The fourth-order valence-corrected chi connectivity index (χ4v) is 2.49. The maximum Gasteiger partial charge on any atom is 0.495 e. The number of carbonyl (C=O) groups is 1. The lowest BCUT2D eigenvalue weighted by Gasteiger charge is -2.35. The molecule has 0 spiro atoms. The van der Waals surface area contributed by atoms with Gasteiger partial charge in [-0.1, -0.05) is 25.1 Å². The number of aldehydes is 1. The van der Waals surface area contributed by atoms with Crippen molar-refractivity contribution in [1.82, 2.24) is 0 Å². The second kappa shape index (κ2) is 4.76. The summed E-state index contributed by atoms with van der Waals surface area (Å²) >= 11 is 0. The molecule has 1 aliphatic heterocycles. The van der Waals surface area contributed by atoms with E-state index < -0.39 is 7.12 Å². The lowest BCUT2D eigenvalue weighted by atomic mass is 9.75.